The molecule has 0 aliphatic carbocycles. The summed E-state index contributed by atoms with van der Waals surface area (Å²) < 4.78 is 32.4. The first-order valence-corrected chi connectivity index (χ1v) is 21.8. The molecule has 0 radical (unpaired) electrons. The van der Waals surface area contributed by atoms with Crippen LogP contribution < -0.4 is 54.2 Å². The molecule has 352 valence electrons. The molecule has 18 heteroatoms. The average molecular weight is 908 g/mol. The lowest BCUT2D eigenvalue weighted by molar-refractivity contribution is -0.142. The van der Waals surface area contributed by atoms with Crippen LogP contribution in [0.1, 0.15) is 50.7 Å². The van der Waals surface area contributed by atoms with Gasteiger partial charge in [0.05, 0.1) is 54.5 Å². The maximum atomic E-state index is 13.0. The molecule has 4 heterocycles. The minimum Gasteiger partial charge on any atom is -0.493 e. The number of methoxy groups -OCH3 is 6. The molecule has 2 aliphatic heterocycles. The monoisotopic (exact) mass is 907 g/mol. The van der Waals surface area contributed by atoms with E-state index in [1.54, 1.807) is 85.4 Å². The largest absolute Gasteiger partial charge is 0.493 e. The van der Waals surface area contributed by atoms with Crippen molar-refractivity contribution in [2.24, 2.45) is 11.8 Å². The first-order chi connectivity index (χ1) is 31.9. The van der Waals surface area contributed by atoms with E-state index in [1.165, 1.54) is 5.56 Å². The van der Waals surface area contributed by atoms with Crippen LogP contribution in [0, 0.1) is 18.8 Å². The molecule has 66 heavy (non-hydrogen) atoms. The number of piperidine rings is 2. The minimum absolute atomic E-state index is 0.0716. The highest BCUT2D eigenvalue weighted by Crippen LogP contribution is 2.42. The molecule has 2 saturated heterocycles. The van der Waals surface area contributed by atoms with Gasteiger partial charge in [-0.1, -0.05) is 29.8 Å². The highest BCUT2D eigenvalue weighted by atomic mass is 16.5. The summed E-state index contributed by atoms with van der Waals surface area (Å²) in [5.74, 6) is 4.18. The molecule has 18 nitrogen and oxygen atoms in total. The molecular weight excluding hydrogens is 847 g/mol. The zero-order valence-electron chi connectivity index (χ0n) is 39.1. The van der Waals surface area contributed by atoms with Crippen LogP contribution in [-0.2, 0) is 16.1 Å². The van der Waals surface area contributed by atoms with Gasteiger partial charge in [0.2, 0.25) is 29.3 Å². The molecule has 2 fully saturated rings. The number of aromatic nitrogens is 4. The first-order valence-electron chi connectivity index (χ1n) is 21.8. The van der Waals surface area contributed by atoms with E-state index in [2.05, 4.69) is 68.7 Å². The summed E-state index contributed by atoms with van der Waals surface area (Å²) in [5, 5.41) is 18.9. The minimum atomic E-state index is -0.772. The summed E-state index contributed by atoms with van der Waals surface area (Å²) in [6.45, 7) is 7.85. The Morgan fingerprint density at radius 2 is 1.05 bits per heavy atom. The van der Waals surface area contributed by atoms with Crippen molar-refractivity contribution in [2.75, 3.05) is 76.2 Å². The number of hydrogen-bond donors (Lipinski definition) is 4. The predicted octanol–water partition coefficient (Wildman–Crippen LogP) is 7.41. The van der Waals surface area contributed by atoms with Crippen molar-refractivity contribution < 1.29 is 43.1 Å². The SMILES string of the molecule is COc1cc(Nc2nccc(N3CC(C(=O)NCc4ccc(C)cc4)CCC3C)n2)cc(OC)c1OC.COc1cc(Nc2nccc(N3CC(C(=O)O)CCC3C)n2)cc(OC)c1OC. The number of carbonyl (C=O) groups is 2. The molecule has 5 aromatic rings. The third-order valence-electron chi connectivity index (χ3n) is 11.8. The van der Waals surface area contributed by atoms with Gasteiger partial charge >= 0.3 is 5.97 Å². The molecule has 0 spiro atoms. The van der Waals surface area contributed by atoms with Crippen molar-refractivity contribution in [1.82, 2.24) is 25.3 Å². The number of benzene rings is 3. The Kier molecular flexibility index (Phi) is 16.5. The van der Waals surface area contributed by atoms with Crippen molar-refractivity contribution >= 4 is 46.8 Å². The van der Waals surface area contributed by atoms with Gasteiger partial charge in [0.1, 0.15) is 11.6 Å². The standard InChI is InChI=1S/C28H35N5O4.C20H26N4O5/c1-18-6-9-20(10-7-18)16-30-27(34)21-11-8-19(2)33(17-21)25-12-13-29-28(32-25)31-22-14-23(35-3)26(37-5)24(15-22)36-4;1-12-5-6-13(19(25)26)11-24(12)17-7-8-21-20(23-17)22-14-9-15(27-2)18(29-4)16(10-14)28-3/h6-7,9-10,12-15,19,21H,8,11,16-17H2,1-5H3,(H,30,34)(H,29,31,32);7-10,12-13H,5-6,11H2,1-4H3,(H,25,26)(H,21,22,23). The molecule has 4 N–H and O–H groups in total. The van der Waals surface area contributed by atoms with Crippen molar-refractivity contribution in [3.63, 3.8) is 0 Å². The molecule has 0 saturated carbocycles. The predicted molar refractivity (Wildman–Crippen MR) is 253 cm³/mol. The zero-order chi connectivity index (χ0) is 47.3. The highest BCUT2D eigenvalue weighted by Gasteiger charge is 2.32. The number of carboxylic acid groups (broad SMARTS) is 1. The van der Waals surface area contributed by atoms with E-state index in [-0.39, 0.29) is 23.9 Å². The fraction of sp³-hybridized carbons (Fsp3) is 0.417. The first kappa shape index (κ1) is 48.2. The second-order valence-electron chi connectivity index (χ2n) is 16.1. The Morgan fingerprint density at radius 3 is 1.45 bits per heavy atom. The lowest BCUT2D eigenvalue weighted by Gasteiger charge is -2.38. The van der Waals surface area contributed by atoms with E-state index in [9.17, 15) is 14.7 Å². The summed E-state index contributed by atoms with van der Waals surface area (Å²) in [6.07, 6.45) is 6.60. The molecule has 7 rings (SSSR count). The molecule has 4 atom stereocenters. The number of ether oxygens (including phenoxy) is 6. The number of hydrogen-bond acceptors (Lipinski definition) is 16. The van der Waals surface area contributed by atoms with E-state index < -0.39 is 11.9 Å². The number of amides is 1. The van der Waals surface area contributed by atoms with Gasteiger partial charge in [0.15, 0.2) is 23.0 Å². The van der Waals surface area contributed by atoms with Gasteiger partial charge in [-0.3, -0.25) is 9.59 Å². The van der Waals surface area contributed by atoms with Crippen molar-refractivity contribution in [3.05, 3.63) is 84.2 Å². The van der Waals surface area contributed by atoms with Crippen LogP contribution in [0.25, 0.3) is 0 Å². The van der Waals surface area contributed by atoms with Gasteiger partial charge in [0, 0.05) is 79.8 Å². The highest BCUT2D eigenvalue weighted by molar-refractivity contribution is 5.79. The summed E-state index contributed by atoms with van der Waals surface area (Å²) >= 11 is 0. The van der Waals surface area contributed by atoms with Crippen molar-refractivity contribution in [1.29, 1.82) is 0 Å². The Balaban J connectivity index is 0.000000225. The van der Waals surface area contributed by atoms with Crippen molar-refractivity contribution in [3.8, 4) is 34.5 Å². The van der Waals surface area contributed by atoms with Gasteiger partial charge in [0.25, 0.3) is 0 Å². The van der Waals surface area contributed by atoms with Gasteiger partial charge in [-0.25, -0.2) is 9.97 Å². The Bertz CT molecular complexity index is 2370. The second-order valence-corrected chi connectivity index (χ2v) is 16.1. The van der Waals surface area contributed by atoms with E-state index in [4.69, 9.17) is 33.4 Å². The van der Waals surface area contributed by atoms with Gasteiger partial charge in [-0.2, -0.15) is 9.97 Å². The molecule has 1 amide bonds. The van der Waals surface area contributed by atoms with Gasteiger partial charge in [-0.15, -0.1) is 0 Å². The lowest BCUT2D eigenvalue weighted by atomic mass is 9.92. The summed E-state index contributed by atoms with van der Waals surface area (Å²) in [5.41, 5.74) is 3.67. The normalized spacial score (nSPS) is 17.9. The van der Waals surface area contributed by atoms with E-state index in [0.29, 0.717) is 89.6 Å². The molecule has 0 bridgehead atoms. The number of nitrogens with one attached hydrogen (secondary N) is 3. The second kappa shape index (κ2) is 22.6. The zero-order valence-corrected chi connectivity index (χ0v) is 39.1. The van der Waals surface area contributed by atoms with Crippen LogP contribution in [-0.4, -0.2) is 105 Å². The molecule has 4 unspecified atom stereocenters. The molecular formula is C48H61N9O9. The number of anilines is 6. The Hall–Kier alpha value is -7.24. The topological polar surface area (TPSA) is 204 Å². The van der Waals surface area contributed by atoms with Crippen LogP contribution in [0.3, 0.4) is 0 Å². The van der Waals surface area contributed by atoms with Gasteiger partial charge in [-0.05, 0) is 64.2 Å². The van der Waals surface area contributed by atoms with E-state index in [0.717, 1.165) is 30.6 Å². The molecule has 2 aromatic heterocycles. The molecule has 3 aromatic carbocycles. The summed E-state index contributed by atoms with van der Waals surface area (Å²) in [7, 11) is 9.36. The number of rotatable bonds is 16. The number of aryl methyl sites for hydroxylation is 1. The van der Waals surface area contributed by atoms with Crippen LogP contribution in [0.15, 0.2) is 73.1 Å². The van der Waals surface area contributed by atoms with Crippen LogP contribution >= 0.6 is 0 Å². The number of aliphatic carboxylic acids is 1. The van der Waals surface area contributed by atoms with Crippen molar-refractivity contribution in [2.45, 2.75) is 65.1 Å². The third kappa shape index (κ3) is 11.9. The van der Waals surface area contributed by atoms with Crippen LogP contribution in [0.2, 0.25) is 0 Å². The average Bonchev–Trinajstić information content (AvgIpc) is 3.33. The Labute approximate surface area is 386 Å². The fourth-order valence-corrected chi connectivity index (χ4v) is 8.01. The molecule has 2 aliphatic rings. The van der Waals surface area contributed by atoms with Gasteiger partial charge < -0.3 is 59.3 Å². The number of carboxylic acids is 1. The van der Waals surface area contributed by atoms with E-state index >= 15 is 0 Å². The number of nitrogens with zero attached hydrogens (tertiary/aromatic N) is 6. The Morgan fingerprint density at radius 1 is 0.621 bits per heavy atom. The van der Waals surface area contributed by atoms with Crippen LogP contribution in [0.4, 0.5) is 34.9 Å². The maximum absolute atomic E-state index is 13.0. The fourth-order valence-electron chi connectivity index (χ4n) is 8.01. The smallest absolute Gasteiger partial charge is 0.308 e. The van der Waals surface area contributed by atoms with E-state index in [1.807, 2.05) is 23.1 Å². The quantitative estimate of drug-likeness (QED) is 0.0761. The lowest BCUT2D eigenvalue weighted by Crippen LogP contribution is -2.47. The number of carbonyl (C=O) groups excluding carboxylic acids is 1. The van der Waals surface area contributed by atoms with Crippen LogP contribution in [0.5, 0.6) is 34.5 Å². The third-order valence-corrected chi connectivity index (χ3v) is 11.8. The summed E-state index contributed by atoms with van der Waals surface area (Å²) in [4.78, 5) is 46.6. The summed E-state index contributed by atoms with van der Waals surface area (Å²) in [6, 6.07) is 19.5. The maximum Gasteiger partial charge on any atom is 0.308 e.